The third-order valence-corrected chi connectivity index (χ3v) is 4.21. The van der Waals surface area contributed by atoms with E-state index in [1.54, 1.807) is 12.1 Å². The maximum Gasteiger partial charge on any atom is 0.315 e. The van der Waals surface area contributed by atoms with Crippen LogP contribution in [0.2, 0.25) is 0 Å². The van der Waals surface area contributed by atoms with Gasteiger partial charge in [0.05, 0.1) is 6.61 Å². The minimum Gasteiger partial charge on any atom is -0.481 e. The molecule has 1 amide bonds. The second-order valence-electron chi connectivity index (χ2n) is 5.84. The Morgan fingerprint density at radius 1 is 1.32 bits per heavy atom. The first-order valence-electron chi connectivity index (χ1n) is 7.72. The molecule has 0 heterocycles. The van der Waals surface area contributed by atoms with E-state index in [1.807, 2.05) is 25.1 Å². The van der Waals surface area contributed by atoms with Crippen molar-refractivity contribution in [1.82, 2.24) is 5.32 Å². The molecule has 1 saturated carbocycles. The van der Waals surface area contributed by atoms with E-state index in [9.17, 15) is 14.7 Å². The summed E-state index contributed by atoms with van der Waals surface area (Å²) < 4.78 is 5.32. The Balaban J connectivity index is 1.94. The van der Waals surface area contributed by atoms with Gasteiger partial charge in [-0.05, 0) is 30.7 Å². The van der Waals surface area contributed by atoms with Gasteiger partial charge in [0, 0.05) is 6.54 Å². The molecular weight excluding hydrogens is 282 g/mol. The number of benzene rings is 1. The summed E-state index contributed by atoms with van der Waals surface area (Å²) in [6.07, 6.45) is 2.75. The Hall–Kier alpha value is -1.88. The molecule has 0 aliphatic heterocycles. The first-order chi connectivity index (χ1) is 10.6. The lowest BCUT2D eigenvalue weighted by Gasteiger charge is -2.29. The lowest BCUT2D eigenvalue weighted by atomic mass is 9.78. The predicted octanol–water partition coefficient (Wildman–Crippen LogP) is 1.96. The third kappa shape index (κ3) is 4.07. The molecule has 2 N–H and O–H groups in total. The van der Waals surface area contributed by atoms with Crippen LogP contribution in [0.3, 0.4) is 0 Å². The summed E-state index contributed by atoms with van der Waals surface area (Å²) >= 11 is 0. The number of hydrogen-bond donors (Lipinski definition) is 2. The molecule has 22 heavy (non-hydrogen) atoms. The molecule has 0 radical (unpaired) electrons. The number of carbonyl (C=O) groups is 2. The smallest absolute Gasteiger partial charge is 0.315 e. The van der Waals surface area contributed by atoms with E-state index < -0.39 is 11.4 Å². The Morgan fingerprint density at radius 3 is 2.55 bits per heavy atom. The van der Waals surface area contributed by atoms with E-state index in [0.29, 0.717) is 24.5 Å². The van der Waals surface area contributed by atoms with Gasteiger partial charge in [-0.1, -0.05) is 37.3 Å². The highest BCUT2D eigenvalue weighted by molar-refractivity contribution is 5.84. The monoisotopic (exact) mass is 305 g/mol. The molecule has 1 aliphatic rings. The Kier molecular flexibility index (Phi) is 5.55. The largest absolute Gasteiger partial charge is 0.481 e. The number of nitrogens with one attached hydrogen (secondary N) is 1. The lowest BCUT2D eigenvalue weighted by molar-refractivity contribution is -0.144. The number of carboxylic acids is 1. The van der Waals surface area contributed by atoms with Gasteiger partial charge in [-0.2, -0.15) is 0 Å². The lowest BCUT2D eigenvalue weighted by Crippen LogP contribution is -2.47. The van der Waals surface area contributed by atoms with E-state index in [2.05, 4.69) is 5.32 Å². The number of amides is 1. The summed E-state index contributed by atoms with van der Waals surface area (Å²) in [5.41, 5.74) is -0.405. The fourth-order valence-electron chi connectivity index (χ4n) is 2.44. The SMILES string of the molecule is CCC(CNC(=O)COCC1CC1)(C(=O)O)c1ccccc1. The van der Waals surface area contributed by atoms with Gasteiger partial charge in [0.1, 0.15) is 12.0 Å². The molecule has 1 aromatic rings. The molecule has 5 heteroatoms. The van der Waals surface area contributed by atoms with E-state index in [0.717, 1.165) is 0 Å². The average Bonchev–Trinajstić information content (AvgIpc) is 3.33. The highest BCUT2D eigenvalue weighted by atomic mass is 16.5. The third-order valence-electron chi connectivity index (χ3n) is 4.21. The van der Waals surface area contributed by atoms with Crippen LogP contribution in [0.5, 0.6) is 0 Å². The number of aliphatic carboxylic acids is 1. The van der Waals surface area contributed by atoms with Crippen LogP contribution in [0.4, 0.5) is 0 Å². The van der Waals surface area contributed by atoms with Gasteiger partial charge in [-0.15, -0.1) is 0 Å². The molecule has 5 nitrogen and oxygen atoms in total. The van der Waals surface area contributed by atoms with E-state index in [4.69, 9.17) is 4.74 Å². The molecule has 120 valence electrons. The van der Waals surface area contributed by atoms with Crippen molar-refractivity contribution in [3.63, 3.8) is 0 Å². The van der Waals surface area contributed by atoms with Crippen molar-refractivity contribution in [1.29, 1.82) is 0 Å². The average molecular weight is 305 g/mol. The van der Waals surface area contributed by atoms with Crippen LogP contribution in [0.1, 0.15) is 31.7 Å². The minimum absolute atomic E-state index is 0.00922. The van der Waals surface area contributed by atoms with Crippen molar-refractivity contribution >= 4 is 11.9 Å². The van der Waals surface area contributed by atoms with Crippen LogP contribution >= 0.6 is 0 Å². The molecule has 1 atom stereocenters. The van der Waals surface area contributed by atoms with Gasteiger partial charge in [0.15, 0.2) is 0 Å². The first-order valence-corrected chi connectivity index (χ1v) is 7.72. The van der Waals surface area contributed by atoms with Crippen LogP contribution in [-0.2, 0) is 19.7 Å². The number of ether oxygens (including phenoxy) is 1. The standard InChI is InChI=1S/C17H23NO4/c1-2-17(16(20)21,14-6-4-3-5-7-14)12-18-15(19)11-22-10-13-8-9-13/h3-7,13H,2,8-12H2,1H3,(H,18,19)(H,20,21). The highest BCUT2D eigenvalue weighted by Crippen LogP contribution is 2.29. The van der Waals surface area contributed by atoms with Gasteiger partial charge < -0.3 is 15.2 Å². The number of carbonyl (C=O) groups excluding carboxylic acids is 1. The minimum atomic E-state index is -1.10. The zero-order valence-corrected chi connectivity index (χ0v) is 12.9. The summed E-state index contributed by atoms with van der Waals surface area (Å²) in [5.74, 6) is -0.595. The first kappa shape index (κ1) is 16.5. The second-order valence-corrected chi connectivity index (χ2v) is 5.84. The van der Waals surface area contributed by atoms with Crippen LogP contribution in [0.15, 0.2) is 30.3 Å². The van der Waals surface area contributed by atoms with Gasteiger partial charge in [-0.25, -0.2) is 0 Å². The number of rotatable bonds is 9. The molecular formula is C17H23NO4. The van der Waals surface area contributed by atoms with Gasteiger partial charge in [0.25, 0.3) is 0 Å². The fraction of sp³-hybridized carbons (Fsp3) is 0.529. The Bertz CT molecular complexity index is 513. The predicted molar refractivity (Wildman–Crippen MR) is 82.6 cm³/mol. The van der Waals surface area contributed by atoms with Crippen molar-refractivity contribution in [3.05, 3.63) is 35.9 Å². The van der Waals surface area contributed by atoms with Gasteiger partial charge in [0.2, 0.25) is 5.91 Å². The maximum absolute atomic E-state index is 11.8. The normalized spacial score (nSPS) is 16.8. The second kappa shape index (κ2) is 7.40. The summed E-state index contributed by atoms with van der Waals surface area (Å²) in [5, 5.41) is 12.4. The topological polar surface area (TPSA) is 75.6 Å². The van der Waals surface area contributed by atoms with Crippen molar-refractivity contribution in [2.24, 2.45) is 5.92 Å². The molecule has 1 unspecified atom stereocenters. The van der Waals surface area contributed by atoms with E-state index in [-0.39, 0.29) is 19.1 Å². The fourth-order valence-corrected chi connectivity index (χ4v) is 2.44. The molecule has 2 rings (SSSR count). The van der Waals surface area contributed by atoms with Crippen molar-refractivity contribution in [3.8, 4) is 0 Å². The van der Waals surface area contributed by atoms with Crippen molar-refractivity contribution < 1.29 is 19.4 Å². The molecule has 1 aromatic carbocycles. The molecule has 1 fully saturated rings. The summed E-state index contributed by atoms with van der Waals surface area (Å²) in [6.45, 7) is 2.49. The summed E-state index contributed by atoms with van der Waals surface area (Å²) in [4.78, 5) is 23.6. The molecule has 0 aromatic heterocycles. The summed E-state index contributed by atoms with van der Waals surface area (Å²) in [7, 11) is 0. The van der Waals surface area contributed by atoms with Gasteiger partial charge >= 0.3 is 5.97 Å². The zero-order chi connectivity index (χ0) is 16.0. The van der Waals surface area contributed by atoms with Crippen LogP contribution in [-0.4, -0.2) is 36.7 Å². The maximum atomic E-state index is 11.8. The summed E-state index contributed by atoms with van der Waals surface area (Å²) in [6, 6.07) is 9.03. The van der Waals surface area contributed by atoms with Crippen LogP contribution in [0, 0.1) is 5.92 Å². The van der Waals surface area contributed by atoms with Crippen molar-refractivity contribution in [2.75, 3.05) is 19.8 Å². The van der Waals surface area contributed by atoms with Crippen LogP contribution in [0.25, 0.3) is 0 Å². The quantitative estimate of drug-likeness (QED) is 0.731. The van der Waals surface area contributed by atoms with E-state index in [1.165, 1.54) is 12.8 Å². The molecule has 0 saturated heterocycles. The Morgan fingerprint density at radius 2 is 2.00 bits per heavy atom. The highest BCUT2D eigenvalue weighted by Gasteiger charge is 2.38. The Labute approximate surface area is 130 Å². The molecule has 1 aliphatic carbocycles. The van der Waals surface area contributed by atoms with Gasteiger partial charge in [-0.3, -0.25) is 9.59 Å². The van der Waals surface area contributed by atoms with E-state index >= 15 is 0 Å². The zero-order valence-electron chi connectivity index (χ0n) is 12.9. The van der Waals surface area contributed by atoms with Crippen LogP contribution < -0.4 is 5.32 Å². The molecule has 0 spiro atoms. The van der Waals surface area contributed by atoms with Crippen molar-refractivity contribution in [2.45, 2.75) is 31.6 Å². The number of carboxylic acid groups (broad SMARTS) is 1. The number of hydrogen-bond acceptors (Lipinski definition) is 3. The molecule has 0 bridgehead atoms.